The van der Waals surface area contributed by atoms with Gasteiger partial charge in [0.15, 0.2) is 0 Å². The number of hydrogen-bond acceptors (Lipinski definition) is 5. The summed E-state index contributed by atoms with van der Waals surface area (Å²) < 4.78 is 1.79. The second-order valence-electron chi connectivity index (χ2n) is 4.75. The molecule has 6 nitrogen and oxygen atoms in total. The molecule has 6 heteroatoms. The van der Waals surface area contributed by atoms with Gasteiger partial charge in [-0.1, -0.05) is 6.08 Å². The Morgan fingerprint density at radius 2 is 2.11 bits per heavy atom. The van der Waals surface area contributed by atoms with Crippen molar-refractivity contribution in [2.24, 2.45) is 0 Å². The average Bonchev–Trinajstić information content (AvgIpc) is 2.94. The lowest BCUT2D eigenvalue weighted by atomic mass is 10.1. The monoisotopic (exact) mass is 261 g/mol. The van der Waals surface area contributed by atoms with Crippen LogP contribution in [0.2, 0.25) is 0 Å². The van der Waals surface area contributed by atoms with E-state index in [-0.39, 0.29) is 6.61 Å². The van der Waals surface area contributed by atoms with Crippen LogP contribution in [0.15, 0.2) is 30.2 Å². The summed E-state index contributed by atoms with van der Waals surface area (Å²) in [5, 5.41) is 30.0. The fourth-order valence-corrected chi connectivity index (χ4v) is 2.55. The molecule has 0 bridgehead atoms. The van der Waals surface area contributed by atoms with Gasteiger partial charge in [-0.3, -0.25) is 0 Å². The summed E-state index contributed by atoms with van der Waals surface area (Å²) in [6.45, 7) is 1.63. The van der Waals surface area contributed by atoms with Gasteiger partial charge in [0, 0.05) is 11.6 Å². The standard InChI is InChI=1S/C13H15N3O3/c1-7-9-2-3-16(13(9)15-6-14-7)10-4-8(5-17)11(18)12(10)19/h2-4,6,10-12,17-19H,5H2,1H3/t10-,11-,12+/m1/s1. The quantitative estimate of drug-likeness (QED) is 0.658. The summed E-state index contributed by atoms with van der Waals surface area (Å²) in [6.07, 6.45) is 2.96. The van der Waals surface area contributed by atoms with Gasteiger partial charge in [-0.25, -0.2) is 9.97 Å². The van der Waals surface area contributed by atoms with E-state index in [1.165, 1.54) is 6.33 Å². The van der Waals surface area contributed by atoms with Crippen LogP contribution < -0.4 is 0 Å². The normalized spacial score (nSPS) is 26.9. The van der Waals surface area contributed by atoms with Crippen LogP contribution in [0.3, 0.4) is 0 Å². The maximum absolute atomic E-state index is 10.1. The van der Waals surface area contributed by atoms with E-state index >= 15 is 0 Å². The van der Waals surface area contributed by atoms with Crippen LogP contribution in [0.5, 0.6) is 0 Å². The number of aromatic nitrogens is 3. The van der Waals surface area contributed by atoms with Gasteiger partial charge in [-0.2, -0.15) is 0 Å². The number of aryl methyl sites for hydroxylation is 1. The van der Waals surface area contributed by atoms with E-state index in [4.69, 9.17) is 5.11 Å². The minimum Gasteiger partial charge on any atom is -0.392 e. The van der Waals surface area contributed by atoms with Gasteiger partial charge in [-0.15, -0.1) is 0 Å². The first-order chi connectivity index (χ1) is 9.13. The number of rotatable bonds is 2. The Kier molecular flexibility index (Phi) is 2.85. The molecule has 2 aromatic heterocycles. The van der Waals surface area contributed by atoms with E-state index in [1.807, 2.05) is 19.2 Å². The molecule has 0 saturated carbocycles. The fraction of sp³-hybridized carbons (Fsp3) is 0.385. The minimum atomic E-state index is -1.03. The van der Waals surface area contributed by atoms with Crippen LogP contribution >= 0.6 is 0 Å². The Balaban J connectivity index is 2.11. The van der Waals surface area contributed by atoms with Crippen molar-refractivity contribution in [3.8, 4) is 0 Å². The number of aliphatic hydroxyl groups is 3. The molecule has 1 aliphatic rings. The van der Waals surface area contributed by atoms with Crippen LogP contribution in [0.4, 0.5) is 0 Å². The summed E-state index contributed by atoms with van der Waals surface area (Å²) in [7, 11) is 0. The SMILES string of the molecule is Cc1ncnc2c1ccn2[C@@H]1C=C(CO)[C@@H](O)[C@H]1O. The molecule has 0 saturated heterocycles. The highest BCUT2D eigenvalue weighted by molar-refractivity contribution is 5.78. The molecule has 2 aromatic rings. The van der Waals surface area contributed by atoms with Crippen molar-refractivity contribution in [2.75, 3.05) is 6.61 Å². The number of fused-ring (bicyclic) bond motifs is 1. The van der Waals surface area contributed by atoms with Crippen molar-refractivity contribution in [1.82, 2.24) is 14.5 Å². The lowest BCUT2D eigenvalue weighted by molar-refractivity contribution is 0.0288. The molecule has 3 atom stereocenters. The van der Waals surface area contributed by atoms with Crippen molar-refractivity contribution >= 4 is 11.0 Å². The number of hydrogen-bond donors (Lipinski definition) is 3. The Bertz CT molecular complexity index is 650. The molecule has 2 heterocycles. The molecule has 19 heavy (non-hydrogen) atoms. The van der Waals surface area contributed by atoms with E-state index in [9.17, 15) is 10.2 Å². The van der Waals surface area contributed by atoms with Crippen LogP contribution in [-0.4, -0.2) is 48.7 Å². The maximum atomic E-state index is 10.1. The molecule has 100 valence electrons. The Morgan fingerprint density at radius 1 is 1.32 bits per heavy atom. The van der Waals surface area contributed by atoms with Gasteiger partial charge >= 0.3 is 0 Å². The molecule has 0 amide bonds. The molecule has 0 fully saturated rings. The Morgan fingerprint density at radius 3 is 2.79 bits per heavy atom. The molecule has 0 aliphatic heterocycles. The molecule has 0 spiro atoms. The number of aliphatic hydroxyl groups excluding tert-OH is 3. The molecular formula is C13H15N3O3. The highest BCUT2D eigenvalue weighted by Gasteiger charge is 2.35. The highest BCUT2D eigenvalue weighted by atomic mass is 16.3. The average molecular weight is 261 g/mol. The first-order valence-corrected chi connectivity index (χ1v) is 6.09. The van der Waals surface area contributed by atoms with E-state index in [0.29, 0.717) is 11.2 Å². The second kappa shape index (κ2) is 4.41. The lowest BCUT2D eigenvalue weighted by Gasteiger charge is -2.19. The maximum Gasteiger partial charge on any atom is 0.144 e. The molecule has 0 radical (unpaired) electrons. The van der Waals surface area contributed by atoms with Crippen LogP contribution in [0, 0.1) is 6.92 Å². The zero-order valence-corrected chi connectivity index (χ0v) is 10.4. The van der Waals surface area contributed by atoms with E-state index in [1.54, 1.807) is 10.6 Å². The van der Waals surface area contributed by atoms with Crippen LogP contribution in [0.25, 0.3) is 11.0 Å². The smallest absolute Gasteiger partial charge is 0.144 e. The Labute approximate surface area is 109 Å². The second-order valence-corrected chi connectivity index (χ2v) is 4.75. The fourth-order valence-electron chi connectivity index (χ4n) is 2.55. The van der Waals surface area contributed by atoms with E-state index < -0.39 is 18.2 Å². The topological polar surface area (TPSA) is 91.4 Å². The molecule has 1 aliphatic carbocycles. The van der Waals surface area contributed by atoms with Crippen molar-refractivity contribution in [2.45, 2.75) is 25.2 Å². The predicted octanol–water partition coefficient (Wildman–Crippen LogP) is -0.0651. The summed E-state index contributed by atoms with van der Waals surface area (Å²) in [5.74, 6) is 0. The van der Waals surface area contributed by atoms with Crippen molar-refractivity contribution in [3.63, 3.8) is 0 Å². The first-order valence-electron chi connectivity index (χ1n) is 6.09. The molecule has 3 rings (SSSR count). The first kappa shape index (κ1) is 12.3. The zero-order valence-electron chi connectivity index (χ0n) is 10.4. The van der Waals surface area contributed by atoms with Crippen molar-refractivity contribution in [3.05, 3.63) is 35.9 Å². The van der Waals surface area contributed by atoms with Gasteiger partial charge in [0.1, 0.15) is 24.2 Å². The van der Waals surface area contributed by atoms with Crippen LogP contribution in [0.1, 0.15) is 11.7 Å². The number of nitrogens with zero attached hydrogens (tertiary/aromatic N) is 3. The third kappa shape index (κ3) is 1.76. The summed E-state index contributed by atoms with van der Waals surface area (Å²) >= 11 is 0. The molecule has 0 aromatic carbocycles. The molecular weight excluding hydrogens is 246 g/mol. The predicted molar refractivity (Wildman–Crippen MR) is 68.5 cm³/mol. The van der Waals surface area contributed by atoms with E-state index in [2.05, 4.69) is 9.97 Å². The van der Waals surface area contributed by atoms with Gasteiger partial charge in [0.25, 0.3) is 0 Å². The van der Waals surface area contributed by atoms with Gasteiger partial charge < -0.3 is 19.9 Å². The van der Waals surface area contributed by atoms with Gasteiger partial charge in [0.05, 0.1) is 18.3 Å². The third-order valence-electron chi connectivity index (χ3n) is 3.65. The third-order valence-corrected chi connectivity index (χ3v) is 3.65. The summed E-state index contributed by atoms with van der Waals surface area (Å²) in [4.78, 5) is 8.34. The van der Waals surface area contributed by atoms with Crippen molar-refractivity contribution < 1.29 is 15.3 Å². The van der Waals surface area contributed by atoms with Crippen molar-refractivity contribution in [1.29, 1.82) is 0 Å². The lowest BCUT2D eigenvalue weighted by Crippen LogP contribution is -2.30. The van der Waals surface area contributed by atoms with Gasteiger partial charge in [0.2, 0.25) is 0 Å². The highest BCUT2D eigenvalue weighted by Crippen LogP contribution is 2.32. The largest absolute Gasteiger partial charge is 0.392 e. The summed E-state index contributed by atoms with van der Waals surface area (Å²) in [5.41, 5.74) is 2.01. The van der Waals surface area contributed by atoms with Crippen LogP contribution in [-0.2, 0) is 0 Å². The van der Waals surface area contributed by atoms with E-state index in [0.717, 1.165) is 11.1 Å². The summed E-state index contributed by atoms with van der Waals surface area (Å²) in [6, 6.07) is 1.46. The van der Waals surface area contributed by atoms with Gasteiger partial charge in [-0.05, 0) is 18.6 Å². The minimum absolute atomic E-state index is 0.262. The Hall–Kier alpha value is -1.76. The molecule has 0 unspecified atom stereocenters. The zero-order chi connectivity index (χ0) is 13.6. The molecule has 3 N–H and O–H groups in total.